The average molecular weight is 100 g/mol. The number of rotatable bonds is 1. The SMILES string of the molecule is [NH]CC1CCOC1. The average Bonchev–Trinajstić information content (AvgIpc) is 2.14. The Morgan fingerprint density at radius 2 is 2.57 bits per heavy atom. The first-order valence-corrected chi connectivity index (χ1v) is 2.66. The minimum absolute atomic E-state index is 0.542. The first kappa shape index (κ1) is 5.06. The molecule has 1 saturated heterocycles. The number of hydrogen-bond donors (Lipinski definition) is 0. The standard InChI is InChI=1S/C5H10NO/c6-3-5-1-2-7-4-5/h5-6H,1-4H2. The molecule has 1 aliphatic rings. The molecule has 1 radical (unpaired) electrons. The summed E-state index contributed by atoms with van der Waals surface area (Å²) in [6.07, 6.45) is 1.10. The highest BCUT2D eigenvalue weighted by molar-refractivity contribution is 4.62. The molecule has 0 bridgehead atoms. The third-order valence-electron chi connectivity index (χ3n) is 1.31. The van der Waals surface area contributed by atoms with Gasteiger partial charge in [0.1, 0.15) is 0 Å². The van der Waals surface area contributed by atoms with E-state index < -0.39 is 0 Å². The molecule has 41 valence electrons. The molecule has 1 fully saturated rings. The third-order valence-corrected chi connectivity index (χ3v) is 1.31. The number of hydrogen-bond acceptors (Lipinski definition) is 1. The topological polar surface area (TPSA) is 33.0 Å². The van der Waals surface area contributed by atoms with Crippen molar-refractivity contribution in [3.63, 3.8) is 0 Å². The predicted molar refractivity (Wildman–Crippen MR) is 26.9 cm³/mol. The Morgan fingerprint density at radius 3 is 2.86 bits per heavy atom. The van der Waals surface area contributed by atoms with Crippen LogP contribution in [0.1, 0.15) is 6.42 Å². The second-order valence-corrected chi connectivity index (χ2v) is 1.93. The van der Waals surface area contributed by atoms with Crippen LogP contribution in [-0.2, 0) is 4.74 Å². The molecule has 2 nitrogen and oxygen atoms in total. The van der Waals surface area contributed by atoms with Crippen molar-refractivity contribution in [1.29, 1.82) is 0 Å². The number of nitrogens with one attached hydrogen (secondary N) is 1. The zero-order valence-corrected chi connectivity index (χ0v) is 4.31. The van der Waals surface area contributed by atoms with Gasteiger partial charge in [-0.05, 0) is 12.3 Å². The molecular weight excluding hydrogens is 90.1 g/mol. The van der Waals surface area contributed by atoms with Gasteiger partial charge in [-0.25, -0.2) is 0 Å². The summed E-state index contributed by atoms with van der Waals surface area (Å²) >= 11 is 0. The molecule has 0 aromatic carbocycles. The summed E-state index contributed by atoms with van der Waals surface area (Å²) in [5.74, 6) is 0.542. The second-order valence-electron chi connectivity index (χ2n) is 1.93. The normalized spacial score (nSPS) is 31.3. The largest absolute Gasteiger partial charge is 0.381 e. The Balaban J connectivity index is 2.14. The van der Waals surface area contributed by atoms with Crippen LogP contribution in [0.5, 0.6) is 0 Å². The van der Waals surface area contributed by atoms with Crippen LogP contribution < -0.4 is 5.73 Å². The van der Waals surface area contributed by atoms with E-state index in [0.717, 1.165) is 19.6 Å². The maximum atomic E-state index is 6.92. The Morgan fingerprint density at radius 1 is 1.71 bits per heavy atom. The van der Waals surface area contributed by atoms with Crippen molar-refractivity contribution in [2.75, 3.05) is 19.8 Å². The highest BCUT2D eigenvalue weighted by Gasteiger charge is 2.12. The van der Waals surface area contributed by atoms with Gasteiger partial charge in [-0.15, -0.1) is 0 Å². The van der Waals surface area contributed by atoms with Crippen molar-refractivity contribution in [3.05, 3.63) is 0 Å². The van der Waals surface area contributed by atoms with E-state index in [1.165, 1.54) is 0 Å². The van der Waals surface area contributed by atoms with Crippen molar-refractivity contribution in [1.82, 2.24) is 5.73 Å². The first-order valence-electron chi connectivity index (χ1n) is 2.66. The van der Waals surface area contributed by atoms with Crippen molar-refractivity contribution >= 4 is 0 Å². The van der Waals surface area contributed by atoms with Crippen LogP contribution in [0.3, 0.4) is 0 Å². The highest BCUT2D eigenvalue weighted by Crippen LogP contribution is 2.09. The van der Waals surface area contributed by atoms with Crippen LogP contribution in [0.15, 0.2) is 0 Å². The summed E-state index contributed by atoms with van der Waals surface area (Å²) < 4.78 is 5.03. The molecule has 1 aliphatic heterocycles. The summed E-state index contributed by atoms with van der Waals surface area (Å²) in [5.41, 5.74) is 6.92. The molecule has 0 saturated carbocycles. The van der Waals surface area contributed by atoms with Gasteiger partial charge in [0, 0.05) is 13.2 Å². The van der Waals surface area contributed by atoms with Crippen LogP contribution in [0, 0.1) is 5.92 Å². The lowest BCUT2D eigenvalue weighted by Crippen LogP contribution is -2.04. The summed E-state index contributed by atoms with van der Waals surface area (Å²) in [6, 6.07) is 0. The fraction of sp³-hybridized carbons (Fsp3) is 1.00. The smallest absolute Gasteiger partial charge is 0.0507 e. The molecule has 7 heavy (non-hydrogen) atoms. The molecule has 1 unspecified atom stereocenters. The first-order chi connectivity index (χ1) is 3.43. The lowest BCUT2D eigenvalue weighted by atomic mass is 10.1. The minimum atomic E-state index is 0.542. The zero-order chi connectivity index (χ0) is 5.11. The maximum Gasteiger partial charge on any atom is 0.0507 e. The minimum Gasteiger partial charge on any atom is -0.381 e. The summed E-state index contributed by atoms with van der Waals surface area (Å²) in [6.45, 7) is 2.24. The van der Waals surface area contributed by atoms with E-state index in [2.05, 4.69) is 0 Å². The van der Waals surface area contributed by atoms with E-state index in [9.17, 15) is 0 Å². The molecule has 0 spiro atoms. The fourth-order valence-electron chi connectivity index (χ4n) is 0.744. The van der Waals surface area contributed by atoms with Gasteiger partial charge in [-0.3, -0.25) is 5.73 Å². The molecule has 0 aromatic rings. The Kier molecular flexibility index (Phi) is 1.65. The molecular formula is C5H10NO. The van der Waals surface area contributed by atoms with Crippen LogP contribution in [0.4, 0.5) is 0 Å². The Bertz CT molecular complexity index is 50.0. The predicted octanol–water partition coefficient (Wildman–Crippen LogP) is 0.306. The fourth-order valence-corrected chi connectivity index (χ4v) is 0.744. The van der Waals surface area contributed by atoms with Gasteiger partial charge >= 0.3 is 0 Å². The van der Waals surface area contributed by atoms with Gasteiger partial charge in [0.15, 0.2) is 0 Å². The van der Waals surface area contributed by atoms with E-state index in [4.69, 9.17) is 10.5 Å². The molecule has 0 aliphatic carbocycles. The summed E-state index contributed by atoms with van der Waals surface area (Å²) in [7, 11) is 0. The van der Waals surface area contributed by atoms with Gasteiger partial charge in [-0.1, -0.05) is 0 Å². The molecule has 1 atom stereocenters. The van der Waals surface area contributed by atoms with Crippen LogP contribution >= 0.6 is 0 Å². The van der Waals surface area contributed by atoms with E-state index in [1.807, 2.05) is 0 Å². The molecule has 0 amide bonds. The highest BCUT2D eigenvalue weighted by atomic mass is 16.5. The van der Waals surface area contributed by atoms with Crippen LogP contribution in [-0.4, -0.2) is 19.8 Å². The summed E-state index contributed by atoms with van der Waals surface area (Å²) in [5, 5.41) is 0. The molecule has 0 aromatic heterocycles. The van der Waals surface area contributed by atoms with Crippen molar-refractivity contribution in [2.24, 2.45) is 5.92 Å². The molecule has 1 heterocycles. The van der Waals surface area contributed by atoms with Gasteiger partial charge in [0.05, 0.1) is 6.61 Å². The van der Waals surface area contributed by atoms with Gasteiger partial charge in [-0.2, -0.15) is 0 Å². The van der Waals surface area contributed by atoms with Gasteiger partial charge in [0.25, 0.3) is 0 Å². The van der Waals surface area contributed by atoms with Crippen molar-refractivity contribution in [2.45, 2.75) is 6.42 Å². The van der Waals surface area contributed by atoms with Crippen LogP contribution in [0.25, 0.3) is 0 Å². The van der Waals surface area contributed by atoms with E-state index in [-0.39, 0.29) is 0 Å². The molecule has 1 rings (SSSR count). The van der Waals surface area contributed by atoms with Crippen LogP contribution in [0.2, 0.25) is 0 Å². The quantitative estimate of drug-likeness (QED) is 0.466. The van der Waals surface area contributed by atoms with Gasteiger partial charge in [0.2, 0.25) is 0 Å². The number of ether oxygens (including phenoxy) is 1. The Hall–Kier alpha value is -0.0800. The molecule has 1 N–H and O–H groups in total. The second kappa shape index (κ2) is 2.28. The monoisotopic (exact) mass is 100 g/mol. The van der Waals surface area contributed by atoms with Crippen molar-refractivity contribution in [3.8, 4) is 0 Å². The zero-order valence-electron chi connectivity index (χ0n) is 4.31. The summed E-state index contributed by atoms with van der Waals surface area (Å²) in [4.78, 5) is 0. The Labute approximate surface area is 43.6 Å². The molecule has 2 heteroatoms. The lowest BCUT2D eigenvalue weighted by molar-refractivity contribution is 0.186. The van der Waals surface area contributed by atoms with E-state index >= 15 is 0 Å². The van der Waals surface area contributed by atoms with Gasteiger partial charge < -0.3 is 4.74 Å². The van der Waals surface area contributed by atoms with Crippen molar-refractivity contribution < 1.29 is 4.74 Å². The van der Waals surface area contributed by atoms with E-state index in [0.29, 0.717) is 12.5 Å². The van der Waals surface area contributed by atoms with E-state index in [1.54, 1.807) is 0 Å². The maximum absolute atomic E-state index is 6.92. The lowest BCUT2D eigenvalue weighted by Gasteiger charge is -1.96. The third kappa shape index (κ3) is 1.14.